The lowest BCUT2D eigenvalue weighted by molar-refractivity contribution is 0.0438. The molecule has 1 aliphatic carbocycles. The van der Waals surface area contributed by atoms with E-state index in [0.717, 1.165) is 24.4 Å². The van der Waals surface area contributed by atoms with Crippen molar-refractivity contribution >= 4 is 0 Å². The first-order valence-electron chi connectivity index (χ1n) is 4.52. The Hall–Kier alpha value is -0.760. The van der Waals surface area contributed by atoms with Crippen LogP contribution in [-0.4, -0.2) is 5.11 Å². The van der Waals surface area contributed by atoms with Gasteiger partial charge in [-0.25, -0.2) is 0 Å². The van der Waals surface area contributed by atoms with Crippen LogP contribution in [0, 0.1) is 12.8 Å². The molecule has 0 amide bonds. The zero-order valence-electron chi connectivity index (χ0n) is 7.29. The van der Waals surface area contributed by atoms with Crippen molar-refractivity contribution < 1.29 is 9.52 Å². The number of rotatable bonds is 2. The van der Waals surface area contributed by atoms with Crippen molar-refractivity contribution in [3.63, 3.8) is 0 Å². The predicted octanol–water partition coefficient (Wildman–Crippen LogP) is 2.42. The average Bonchev–Trinajstić information content (AvgIpc) is 2.31. The second kappa shape index (κ2) is 2.94. The number of aliphatic hydroxyl groups is 1. The maximum absolute atomic E-state index is 9.76. The first-order valence-corrected chi connectivity index (χ1v) is 4.52. The third-order valence-electron chi connectivity index (χ3n) is 2.65. The topological polar surface area (TPSA) is 33.4 Å². The molecule has 2 heteroatoms. The molecule has 1 fully saturated rings. The van der Waals surface area contributed by atoms with E-state index >= 15 is 0 Å². The fourth-order valence-corrected chi connectivity index (χ4v) is 1.60. The molecule has 2 nitrogen and oxygen atoms in total. The van der Waals surface area contributed by atoms with Crippen LogP contribution in [0.5, 0.6) is 0 Å². The number of hydrogen-bond acceptors (Lipinski definition) is 2. The van der Waals surface area contributed by atoms with Crippen molar-refractivity contribution in [2.75, 3.05) is 0 Å². The van der Waals surface area contributed by atoms with Gasteiger partial charge in [0.1, 0.15) is 17.6 Å². The third-order valence-corrected chi connectivity index (χ3v) is 2.65. The summed E-state index contributed by atoms with van der Waals surface area (Å²) in [5, 5.41) is 9.76. The lowest BCUT2D eigenvalue weighted by Gasteiger charge is -2.28. The van der Waals surface area contributed by atoms with Gasteiger partial charge in [-0.05, 0) is 37.8 Å². The van der Waals surface area contributed by atoms with Gasteiger partial charge in [-0.2, -0.15) is 0 Å². The molecule has 66 valence electrons. The molecule has 2 rings (SSSR count). The van der Waals surface area contributed by atoms with E-state index in [4.69, 9.17) is 4.42 Å². The van der Waals surface area contributed by atoms with E-state index in [1.54, 1.807) is 0 Å². The Morgan fingerprint density at radius 2 is 2.25 bits per heavy atom. The Labute approximate surface area is 72.2 Å². The minimum absolute atomic E-state index is 0.368. The third kappa shape index (κ3) is 1.27. The van der Waals surface area contributed by atoms with Crippen molar-refractivity contribution in [3.05, 3.63) is 23.7 Å². The molecule has 12 heavy (non-hydrogen) atoms. The Bertz CT molecular complexity index is 261. The van der Waals surface area contributed by atoms with E-state index < -0.39 is 0 Å². The van der Waals surface area contributed by atoms with Crippen LogP contribution in [0.1, 0.15) is 36.9 Å². The molecule has 0 radical (unpaired) electrons. The molecule has 1 N–H and O–H groups in total. The highest BCUT2D eigenvalue weighted by atomic mass is 16.4. The van der Waals surface area contributed by atoms with Crippen molar-refractivity contribution in [1.29, 1.82) is 0 Å². The molecule has 1 atom stereocenters. The van der Waals surface area contributed by atoms with Crippen LogP contribution >= 0.6 is 0 Å². The summed E-state index contributed by atoms with van der Waals surface area (Å²) in [4.78, 5) is 0. The van der Waals surface area contributed by atoms with Crippen LogP contribution in [0.3, 0.4) is 0 Å². The SMILES string of the molecule is Cc1ccc(C(O)C2CCC2)o1. The molecule has 0 bridgehead atoms. The molecular weight excluding hydrogens is 152 g/mol. The summed E-state index contributed by atoms with van der Waals surface area (Å²) in [7, 11) is 0. The van der Waals surface area contributed by atoms with E-state index in [1.165, 1.54) is 6.42 Å². The minimum atomic E-state index is -0.368. The monoisotopic (exact) mass is 166 g/mol. The Morgan fingerprint density at radius 1 is 1.50 bits per heavy atom. The minimum Gasteiger partial charge on any atom is -0.464 e. The zero-order valence-corrected chi connectivity index (χ0v) is 7.29. The maximum Gasteiger partial charge on any atom is 0.132 e. The second-order valence-corrected chi connectivity index (χ2v) is 3.58. The van der Waals surface area contributed by atoms with Crippen LogP contribution in [0.25, 0.3) is 0 Å². The van der Waals surface area contributed by atoms with Crippen LogP contribution in [0.15, 0.2) is 16.5 Å². The molecule has 1 heterocycles. The van der Waals surface area contributed by atoms with E-state index in [-0.39, 0.29) is 6.10 Å². The number of aryl methyl sites for hydroxylation is 1. The van der Waals surface area contributed by atoms with Gasteiger partial charge >= 0.3 is 0 Å². The Kier molecular flexibility index (Phi) is 1.93. The van der Waals surface area contributed by atoms with Crippen molar-refractivity contribution in [2.45, 2.75) is 32.3 Å². The Balaban J connectivity index is 2.08. The Morgan fingerprint density at radius 3 is 2.67 bits per heavy atom. The fourth-order valence-electron chi connectivity index (χ4n) is 1.60. The highest BCUT2D eigenvalue weighted by Gasteiger charge is 2.28. The van der Waals surface area contributed by atoms with Crippen molar-refractivity contribution in [3.8, 4) is 0 Å². The first-order chi connectivity index (χ1) is 5.77. The van der Waals surface area contributed by atoms with Crippen LogP contribution in [-0.2, 0) is 0 Å². The maximum atomic E-state index is 9.76. The lowest BCUT2D eigenvalue weighted by atomic mass is 9.80. The predicted molar refractivity (Wildman–Crippen MR) is 45.7 cm³/mol. The van der Waals surface area contributed by atoms with Gasteiger partial charge in [-0.1, -0.05) is 6.42 Å². The molecule has 1 aromatic heterocycles. The molecule has 0 aliphatic heterocycles. The lowest BCUT2D eigenvalue weighted by Crippen LogP contribution is -2.19. The zero-order chi connectivity index (χ0) is 8.55. The van der Waals surface area contributed by atoms with E-state index in [0.29, 0.717) is 5.92 Å². The normalized spacial score (nSPS) is 20.5. The van der Waals surface area contributed by atoms with E-state index in [1.807, 2.05) is 19.1 Å². The molecule has 0 spiro atoms. The van der Waals surface area contributed by atoms with Crippen LogP contribution < -0.4 is 0 Å². The van der Waals surface area contributed by atoms with E-state index in [9.17, 15) is 5.11 Å². The highest BCUT2D eigenvalue weighted by Crippen LogP contribution is 2.37. The number of aliphatic hydroxyl groups excluding tert-OH is 1. The van der Waals surface area contributed by atoms with Gasteiger partial charge in [0.05, 0.1) is 0 Å². The summed E-state index contributed by atoms with van der Waals surface area (Å²) in [5.74, 6) is 2.05. The fraction of sp³-hybridized carbons (Fsp3) is 0.600. The molecular formula is C10H14O2. The van der Waals surface area contributed by atoms with Gasteiger partial charge in [0.15, 0.2) is 0 Å². The van der Waals surface area contributed by atoms with Gasteiger partial charge in [-0.3, -0.25) is 0 Å². The summed E-state index contributed by atoms with van der Waals surface area (Å²) in [6.45, 7) is 1.90. The van der Waals surface area contributed by atoms with Crippen molar-refractivity contribution in [1.82, 2.24) is 0 Å². The van der Waals surface area contributed by atoms with Gasteiger partial charge in [0, 0.05) is 0 Å². The van der Waals surface area contributed by atoms with Gasteiger partial charge in [0.2, 0.25) is 0 Å². The number of hydrogen-bond donors (Lipinski definition) is 1. The molecule has 0 aromatic carbocycles. The molecule has 0 saturated heterocycles. The standard InChI is InChI=1S/C10H14O2/c1-7-5-6-9(12-7)10(11)8-3-2-4-8/h5-6,8,10-11H,2-4H2,1H3. The summed E-state index contributed by atoms with van der Waals surface area (Å²) in [6, 6.07) is 3.77. The molecule has 1 saturated carbocycles. The average molecular weight is 166 g/mol. The van der Waals surface area contributed by atoms with Gasteiger partial charge < -0.3 is 9.52 Å². The second-order valence-electron chi connectivity index (χ2n) is 3.58. The first kappa shape index (κ1) is 7.87. The van der Waals surface area contributed by atoms with E-state index in [2.05, 4.69) is 0 Å². The van der Waals surface area contributed by atoms with Crippen LogP contribution in [0.2, 0.25) is 0 Å². The number of furan rings is 1. The van der Waals surface area contributed by atoms with Gasteiger partial charge in [0.25, 0.3) is 0 Å². The summed E-state index contributed by atoms with van der Waals surface area (Å²) in [5.41, 5.74) is 0. The quantitative estimate of drug-likeness (QED) is 0.732. The summed E-state index contributed by atoms with van der Waals surface area (Å²) >= 11 is 0. The molecule has 1 unspecified atom stereocenters. The smallest absolute Gasteiger partial charge is 0.132 e. The molecule has 1 aromatic rings. The molecule has 1 aliphatic rings. The van der Waals surface area contributed by atoms with Crippen molar-refractivity contribution in [2.24, 2.45) is 5.92 Å². The van der Waals surface area contributed by atoms with Gasteiger partial charge in [-0.15, -0.1) is 0 Å². The largest absolute Gasteiger partial charge is 0.464 e. The highest BCUT2D eigenvalue weighted by molar-refractivity contribution is 5.09. The summed E-state index contributed by atoms with van der Waals surface area (Å²) in [6.07, 6.45) is 3.16. The van der Waals surface area contributed by atoms with Crippen LogP contribution in [0.4, 0.5) is 0 Å². The summed E-state index contributed by atoms with van der Waals surface area (Å²) < 4.78 is 5.35.